The van der Waals surface area contributed by atoms with Crippen molar-refractivity contribution in [3.05, 3.63) is 17.5 Å². The number of hydrogen-bond acceptors (Lipinski definition) is 3. The predicted molar refractivity (Wildman–Crippen MR) is 70.8 cm³/mol. The quantitative estimate of drug-likeness (QED) is 0.832. The van der Waals surface area contributed by atoms with Crippen molar-refractivity contribution in [2.24, 2.45) is 0 Å². The number of halogens is 3. The van der Waals surface area contributed by atoms with Gasteiger partial charge in [0.2, 0.25) is 5.91 Å². The molecule has 8 heteroatoms. The molecule has 1 atom stereocenters. The van der Waals surface area contributed by atoms with Crippen LogP contribution in [0.2, 0.25) is 0 Å². The molecule has 0 bridgehead atoms. The van der Waals surface area contributed by atoms with Crippen molar-refractivity contribution >= 4 is 5.91 Å². The Morgan fingerprint density at radius 1 is 1.29 bits per heavy atom. The van der Waals surface area contributed by atoms with Gasteiger partial charge in [-0.05, 0) is 27.0 Å². The van der Waals surface area contributed by atoms with Gasteiger partial charge in [0.25, 0.3) is 0 Å². The van der Waals surface area contributed by atoms with Gasteiger partial charge in [-0.25, -0.2) is 0 Å². The van der Waals surface area contributed by atoms with E-state index >= 15 is 0 Å². The Hall–Kier alpha value is -1.57. The lowest BCUT2D eigenvalue weighted by Gasteiger charge is -2.34. The number of likely N-dealkylation sites (N-methyl/N-ethyl adjacent to an activating group) is 1. The number of alkyl halides is 3. The van der Waals surface area contributed by atoms with Crippen LogP contribution in [0.3, 0.4) is 0 Å². The highest BCUT2D eigenvalue weighted by molar-refractivity contribution is 5.80. The first-order valence-corrected chi connectivity index (χ1v) is 6.81. The first-order chi connectivity index (χ1) is 9.70. The summed E-state index contributed by atoms with van der Waals surface area (Å²) in [5, 5.41) is 3.55. The van der Waals surface area contributed by atoms with Crippen molar-refractivity contribution in [1.29, 1.82) is 0 Å². The van der Waals surface area contributed by atoms with Crippen LogP contribution in [0.1, 0.15) is 24.4 Å². The molecule has 0 unspecified atom stereocenters. The third-order valence-electron chi connectivity index (χ3n) is 3.75. The summed E-state index contributed by atoms with van der Waals surface area (Å²) < 4.78 is 39.2. The van der Waals surface area contributed by atoms with Crippen LogP contribution in [0, 0.1) is 6.92 Å². The van der Waals surface area contributed by atoms with E-state index in [2.05, 4.69) is 10.00 Å². The number of piperazine rings is 1. The van der Waals surface area contributed by atoms with Gasteiger partial charge in [0, 0.05) is 31.9 Å². The third kappa shape index (κ3) is 3.37. The Labute approximate surface area is 121 Å². The lowest BCUT2D eigenvalue weighted by Crippen LogP contribution is -2.49. The van der Waals surface area contributed by atoms with E-state index in [-0.39, 0.29) is 5.91 Å². The fourth-order valence-electron chi connectivity index (χ4n) is 2.41. The monoisotopic (exact) mass is 304 g/mol. The third-order valence-corrected chi connectivity index (χ3v) is 3.75. The van der Waals surface area contributed by atoms with Crippen LogP contribution in [0.25, 0.3) is 0 Å². The number of nitrogens with zero attached hydrogens (tertiary/aromatic N) is 4. The van der Waals surface area contributed by atoms with E-state index in [4.69, 9.17) is 0 Å². The summed E-state index contributed by atoms with van der Waals surface area (Å²) in [5.41, 5.74) is -0.629. The smallest absolute Gasteiger partial charge is 0.338 e. The molecule has 1 aliphatic rings. The van der Waals surface area contributed by atoms with Gasteiger partial charge in [-0.15, -0.1) is 0 Å². The van der Waals surface area contributed by atoms with Gasteiger partial charge in [-0.3, -0.25) is 9.48 Å². The maximum atomic E-state index is 12.7. The highest BCUT2D eigenvalue weighted by atomic mass is 19.4. The molecular formula is C13H19F3N4O. The Kier molecular flexibility index (Phi) is 4.27. The van der Waals surface area contributed by atoms with E-state index in [1.165, 1.54) is 6.92 Å². The molecule has 118 valence electrons. The van der Waals surface area contributed by atoms with Crippen LogP contribution >= 0.6 is 0 Å². The number of rotatable bonds is 2. The molecule has 1 aromatic rings. The Morgan fingerprint density at radius 3 is 2.33 bits per heavy atom. The van der Waals surface area contributed by atoms with Crippen molar-refractivity contribution in [1.82, 2.24) is 19.6 Å². The summed E-state index contributed by atoms with van der Waals surface area (Å²) in [7, 11) is 1.97. The molecule has 0 radical (unpaired) electrons. The maximum Gasteiger partial charge on any atom is 0.435 e. The molecular weight excluding hydrogens is 285 g/mol. The van der Waals surface area contributed by atoms with Crippen LogP contribution in [0.5, 0.6) is 0 Å². The minimum atomic E-state index is -4.49. The van der Waals surface area contributed by atoms with Crippen LogP contribution < -0.4 is 0 Å². The second-order valence-corrected chi connectivity index (χ2v) is 5.42. The molecule has 1 saturated heterocycles. The Morgan fingerprint density at radius 2 is 1.86 bits per heavy atom. The second kappa shape index (κ2) is 5.67. The van der Waals surface area contributed by atoms with Crippen molar-refractivity contribution in [3.63, 3.8) is 0 Å². The normalized spacial score (nSPS) is 18.9. The molecule has 2 rings (SSSR count). The average molecular weight is 304 g/mol. The molecule has 0 spiro atoms. The number of amides is 1. The number of hydrogen-bond donors (Lipinski definition) is 0. The molecule has 21 heavy (non-hydrogen) atoms. The largest absolute Gasteiger partial charge is 0.435 e. The van der Waals surface area contributed by atoms with E-state index in [9.17, 15) is 18.0 Å². The summed E-state index contributed by atoms with van der Waals surface area (Å²) >= 11 is 0. The van der Waals surface area contributed by atoms with Gasteiger partial charge in [0.15, 0.2) is 5.69 Å². The molecule has 1 aromatic heterocycles. The van der Waals surface area contributed by atoms with Crippen LogP contribution in [0.4, 0.5) is 13.2 Å². The summed E-state index contributed by atoms with van der Waals surface area (Å²) in [5.74, 6) is -0.192. The molecule has 1 aliphatic heterocycles. The number of aryl methyl sites for hydroxylation is 1. The van der Waals surface area contributed by atoms with Gasteiger partial charge in [-0.2, -0.15) is 18.3 Å². The molecule has 1 fully saturated rings. The summed E-state index contributed by atoms with van der Waals surface area (Å²) in [6.07, 6.45) is -4.49. The van der Waals surface area contributed by atoms with Crippen molar-refractivity contribution in [2.75, 3.05) is 33.2 Å². The van der Waals surface area contributed by atoms with E-state index in [1.807, 2.05) is 7.05 Å². The van der Waals surface area contributed by atoms with Crippen molar-refractivity contribution in [3.8, 4) is 0 Å². The molecule has 0 N–H and O–H groups in total. The first kappa shape index (κ1) is 15.8. The zero-order chi connectivity index (χ0) is 15.8. The van der Waals surface area contributed by atoms with Gasteiger partial charge in [0.05, 0.1) is 0 Å². The van der Waals surface area contributed by atoms with Crippen LogP contribution in [-0.2, 0) is 11.0 Å². The lowest BCUT2D eigenvalue weighted by atomic mass is 10.2. The minimum Gasteiger partial charge on any atom is -0.338 e. The van der Waals surface area contributed by atoms with Crippen LogP contribution in [-0.4, -0.2) is 58.7 Å². The second-order valence-electron chi connectivity index (χ2n) is 5.42. The lowest BCUT2D eigenvalue weighted by molar-refractivity contribution is -0.142. The summed E-state index contributed by atoms with van der Waals surface area (Å²) in [6, 6.07) is 0.234. The maximum absolute atomic E-state index is 12.7. The number of carbonyl (C=O) groups excluding carboxylic acids is 1. The van der Waals surface area contributed by atoms with E-state index in [1.54, 1.807) is 11.8 Å². The van der Waals surface area contributed by atoms with E-state index in [0.29, 0.717) is 18.8 Å². The Balaban J connectivity index is 2.14. The topological polar surface area (TPSA) is 41.4 Å². The Bertz CT molecular complexity index is 518. The number of aromatic nitrogens is 2. The first-order valence-electron chi connectivity index (χ1n) is 6.81. The van der Waals surface area contributed by atoms with E-state index in [0.717, 1.165) is 23.8 Å². The van der Waals surface area contributed by atoms with Crippen molar-refractivity contribution < 1.29 is 18.0 Å². The van der Waals surface area contributed by atoms with Crippen molar-refractivity contribution in [2.45, 2.75) is 26.1 Å². The molecule has 0 aliphatic carbocycles. The molecule has 0 saturated carbocycles. The zero-order valence-corrected chi connectivity index (χ0v) is 12.3. The van der Waals surface area contributed by atoms with Gasteiger partial charge < -0.3 is 9.80 Å². The zero-order valence-electron chi connectivity index (χ0n) is 12.3. The molecule has 0 aromatic carbocycles. The van der Waals surface area contributed by atoms with Crippen LogP contribution in [0.15, 0.2) is 6.07 Å². The average Bonchev–Trinajstić information content (AvgIpc) is 2.80. The van der Waals surface area contributed by atoms with Gasteiger partial charge >= 0.3 is 6.18 Å². The molecule has 2 heterocycles. The fraction of sp³-hybridized carbons (Fsp3) is 0.692. The van der Waals surface area contributed by atoms with Gasteiger partial charge in [-0.1, -0.05) is 0 Å². The van der Waals surface area contributed by atoms with E-state index < -0.39 is 17.9 Å². The summed E-state index contributed by atoms with van der Waals surface area (Å²) in [4.78, 5) is 16.2. The highest BCUT2D eigenvalue weighted by Crippen LogP contribution is 2.29. The SMILES string of the molecule is Cc1cc(C(F)(F)F)nn1[C@H](C)C(=O)N1CCN(C)CC1. The molecule has 5 nitrogen and oxygen atoms in total. The highest BCUT2D eigenvalue weighted by Gasteiger charge is 2.36. The summed E-state index contributed by atoms with van der Waals surface area (Å²) in [6.45, 7) is 5.82. The number of carbonyl (C=O) groups is 1. The molecule has 1 amide bonds. The predicted octanol–water partition coefficient (Wildman–Crippen LogP) is 1.55. The fourth-order valence-corrected chi connectivity index (χ4v) is 2.41. The standard InChI is InChI=1S/C13H19F3N4O/c1-9-8-11(13(14,15)16)17-20(9)10(2)12(21)19-6-4-18(3)5-7-19/h8,10H,4-7H2,1-3H3/t10-/m1/s1. The van der Waals surface area contributed by atoms with Gasteiger partial charge in [0.1, 0.15) is 6.04 Å². The minimum absolute atomic E-state index is 0.192.